The van der Waals surface area contributed by atoms with E-state index in [2.05, 4.69) is 15.5 Å². The highest BCUT2D eigenvalue weighted by molar-refractivity contribution is 6.03. The summed E-state index contributed by atoms with van der Waals surface area (Å²) in [6.45, 7) is 1.81. The van der Waals surface area contributed by atoms with Crippen molar-refractivity contribution < 1.29 is 14.8 Å². The van der Waals surface area contributed by atoms with E-state index < -0.39 is 10.8 Å². The molecule has 2 N–H and O–H groups in total. The fraction of sp³-hybridized carbons (Fsp3) is 0.0556. The number of carbonyl (C=O) groups excluding carboxylic acids is 1. The number of hydrogen-bond donors (Lipinski definition) is 2. The molecule has 130 valence electrons. The van der Waals surface area contributed by atoms with Crippen LogP contribution in [0, 0.1) is 17.0 Å². The molecular weight excluding hydrogens is 336 g/mol. The Kier molecular flexibility index (Phi) is 4.57. The van der Waals surface area contributed by atoms with Crippen LogP contribution in [0.3, 0.4) is 0 Å². The van der Waals surface area contributed by atoms with Crippen LogP contribution in [0.5, 0.6) is 5.75 Å². The van der Waals surface area contributed by atoms with E-state index in [4.69, 9.17) is 0 Å². The van der Waals surface area contributed by atoms with Gasteiger partial charge in [-0.15, -0.1) is 0 Å². The molecule has 0 fully saturated rings. The van der Waals surface area contributed by atoms with E-state index in [1.165, 1.54) is 36.7 Å². The maximum absolute atomic E-state index is 12.0. The predicted octanol–water partition coefficient (Wildman–Crippen LogP) is 2.92. The lowest BCUT2D eigenvalue weighted by molar-refractivity contribution is -0.384. The Balaban J connectivity index is 1.86. The second-order valence-corrected chi connectivity index (χ2v) is 5.55. The van der Waals surface area contributed by atoms with E-state index in [9.17, 15) is 20.0 Å². The van der Waals surface area contributed by atoms with Crippen molar-refractivity contribution in [2.24, 2.45) is 5.10 Å². The number of nitrogens with zero attached hydrogens (tertiary/aromatic N) is 3. The summed E-state index contributed by atoms with van der Waals surface area (Å²) in [7, 11) is 0. The molecule has 0 aliphatic rings. The Labute approximate surface area is 148 Å². The molecule has 0 atom stereocenters. The monoisotopic (exact) mass is 350 g/mol. The number of aromatic hydroxyl groups is 1. The molecule has 0 aliphatic carbocycles. The van der Waals surface area contributed by atoms with E-state index in [0.29, 0.717) is 21.9 Å². The van der Waals surface area contributed by atoms with Gasteiger partial charge in [0.05, 0.1) is 16.7 Å². The number of phenols is 1. The Morgan fingerprint density at radius 1 is 1.27 bits per heavy atom. The van der Waals surface area contributed by atoms with Gasteiger partial charge in [0.15, 0.2) is 0 Å². The minimum atomic E-state index is -0.490. The number of benzene rings is 2. The van der Waals surface area contributed by atoms with Gasteiger partial charge < -0.3 is 5.11 Å². The zero-order chi connectivity index (χ0) is 18.7. The van der Waals surface area contributed by atoms with Crippen LogP contribution in [-0.2, 0) is 0 Å². The van der Waals surface area contributed by atoms with Gasteiger partial charge in [0, 0.05) is 29.6 Å². The number of rotatable bonds is 4. The van der Waals surface area contributed by atoms with Crippen LogP contribution in [0.15, 0.2) is 53.8 Å². The summed E-state index contributed by atoms with van der Waals surface area (Å²) in [5.74, 6) is -0.495. The Morgan fingerprint density at radius 2 is 2.08 bits per heavy atom. The van der Waals surface area contributed by atoms with Gasteiger partial charge in [-0.2, -0.15) is 5.10 Å². The van der Waals surface area contributed by atoms with Gasteiger partial charge in [-0.05, 0) is 42.0 Å². The topological polar surface area (TPSA) is 118 Å². The number of aryl methyl sites for hydroxylation is 1. The summed E-state index contributed by atoms with van der Waals surface area (Å²) >= 11 is 0. The van der Waals surface area contributed by atoms with Crippen LogP contribution < -0.4 is 5.43 Å². The number of nitrogens with one attached hydrogen (secondary N) is 1. The quantitative estimate of drug-likeness (QED) is 0.426. The molecule has 0 bridgehead atoms. The van der Waals surface area contributed by atoms with Crippen LogP contribution in [-0.4, -0.2) is 27.1 Å². The number of non-ortho nitro benzene ring substituents is 1. The minimum Gasteiger partial charge on any atom is -0.507 e. The first-order chi connectivity index (χ1) is 12.5. The van der Waals surface area contributed by atoms with E-state index in [-0.39, 0.29) is 11.4 Å². The maximum Gasteiger partial charge on any atom is 0.272 e. The predicted molar refractivity (Wildman–Crippen MR) is 96.3 cm³/mol. The van der Waals surface area contributed by atoms with Crippen LogP contribution in [0.4, 0.5) is 5.69 Å². The summed E-state index contributed by atoms with van der Waals surface area (Å²) < 4.78 is 0. The summed E-state index contributed by atoms with van der Waals surface area (Å²) in [4.78, 5) is 26.4. The lowest BCUT2D eigenvalue weighted by Gasteiger charge is -2.05. The van der Waals surface area contributed by atoms with Crippen LogP contribution in [0.2, 0.25) is 0 Å². The van der Waals surface area contributed by atoms with E-state index >= 15 is 0 Å². The highest BCUT2D eigenvalue weighted by atomic mass is 16.6. The van der Waals surface area contributed by atoms with Crippen molar-refractivity contribution in [3.05, 3.63) is 75.6 Å². The molecule has 1 heterocycles. The van der Waals surface area contributed by atoms with Crippen molar-refractivity contribution in [3.63, 3.8) is 0 Å². The first kappa shape index (κ1) is 17.0. The number of fused-ring (bicyclic) bond motifs is 1. The first-order valence-electron chi connectivity index (χ1n) is 7.62. The summed E-state index contributed by atoms with van der Waals surface area (Å²) in [6.07, 6.45) is 2.73. The Morgan fingerprint density at radius 3 is 2.77 bits per heavy atom. The Hall–Kier alpha value is -3.81. The number of hydrazone groups is 1. The number of pyridine rings is 1. The molecule has 0 spiro atoms. The average molecular weight is 350 g/mol. The molecule has 26 heavy (non-hydrogen) atoms. The summed E-state index contributed by atoms with van der Waals surface area (Å²) in [5, 5.41) is 25.9. The summed E-state index contributed by atoms with van der Waals surface area (Å²) in [6, 6.07) is 10.6. The highest BCUT2D eigenvalue weighted by Gasteiger charge is 2.11. The number of amides is 1. The zero-order valence-corrected chi connectivity index (χ0v) is 13.7. The highest BCUT2D eigenvalue weighted by Crippen LogP contribution is 2.28. The second kappa shape index (κ2) is 6.98. The van der Waals surface area contributed by atoms with Gasteiger partial charge in [-0.25, -0.2) is 5.43 Å². The molecule has 1 aromatic heterocycles. The molecule has 3 aromatic rings. The number of hydrogen-bond acceptors (Lipinski definition) is 6. The molecular formula is C18H14N4O4. The van der Waals surface area contributed by atoms with E-state index in [1.54, 1.807) is 18.2 Å². The smallest absolute Gasteiger partial charge is 0.272 e. The van der Waals surface area contributed by atoms with Crippen LogP contribution in [0.25, 0.3) is 10.8 Å². The van der Waals surface area contributed by atoms with Gasteiger partial charge in [-0.1, -0.05) is 6.07 Å². The normalized spacial score (nSPS) is 11.0. The molecule has 3 rings (SSSR count). The first-order valence-corrected chi connectivity index (χ1v) is 7.62. The van der Waals surface area contributed by atoms with Crippen molar-refractivity contribution in [1.29, 1.82) is 0 Å². The van der Waals surface area contributed by atoms with Crippen LogP contribution >= 0.6 is 0 Å². The molecule has 8 nitrogen and oxygen atoms in total. The third-order valence-electron chi connectivity index (χ3n) is 3.77. The standard InChI is InChI=1S/C18H14N4O4/c1-11-2-3-13(9-19-11)18(24)21-20-10-16-15-6-5-14(22(25)26)8-12(15)4-7-17(16)23/h2-10,23H,1H3,(H,21,24)/b20-10+. The fourth-order valence-corrected chi connectivity index (χ4v) is 2.40. The molecule has 0 aliphatic heterocycles. The molecule has 1 amide bonds. The van der Waals surface area contributed by atoms with Crippen molar-refractivity contribution in [1.82, 2.24) is 10.4 Å². The number of nitro benzene ring substituents is 1. The minimum absolute atomic E-state index is 0.0498. The van der Waals surface area contributed by atoms with Gasteiger partial charge in [0.1, 0.15) is 5.75 Å². The van der Waals surface area contributed by atoms with Crippen molar-refractivity contribution in [2.75, 3.05) is 0 Å². The molecule has 0 radical (unpaired) electrons. The lowest BCUT2D eigenvalue weighted by atomic mass is 10.0. The number of carbonyl (C=O) groups is 1. The zero-order valence-electron chi connectivity index (χ0n) is 13.7. The maximum atomic E-state index is 12.0. The Bertz CT molecular complexity index is 1030. The van der Waals surface area contributed by atoms with Gasteiger partial charge >= 0.3 is 0 Å². The van der Waals surface area contributed by atoms with Crippen molar-refractivity contribution in [2.45, 2.75) is 6.92 Å². The van der Waals surface area contributed by atoms with Crippen molar-refractivity contribution in [3.8, 4) is 5.75 Å². The van der Waals surface area contributed by atoms with E-state index in [1.807, 2.05) is 6.92 Å². The van der Waals surface area contributed by atoms with Gasteiger partial charge in [-0.3, -0.25) is 19.9 Å². The third-order valence-corrected chi connectivity index (χ3v) is 3.77. The largest absolute Gasteiger partial charge is 0.507 e. The fourth-order valence-electron chi connectivity index (χ4n) is 2.40. The van der Waals surface area contributed by atoms with Gasteiger partial charge in [0.25, 0.3) is 11.6 Å². The third kappa shape index (κ3) is 3.48. The average Bonchev–Trinajstić information content (AvgIpc) is 2.63. The van der Waals surface area contributed by atoms with Crippen molar-refractivity contribution >= 4 is 28.6 Å². The molecule has 2 aromatic carbocycles. The van der Waals surface area contributed by atoms with E-state index in [0.717, 1.165) is 5.69 Å². The lowest BCUT2D eigenvalue weighted by Crippen LogP contribution is -2.17. The number of nitro groups is 1. The SMILES string of the molecule is Cc1ccc(C(=O)N/N=C/c2c(O)ccc3cc([N+](=O)[O-])ccc23)cn1. The summed E-state index contributed by atoms with van der Waals surface area (Å²) in [5.41, 5.74) is 3.80. The molecule has 0 saturated heterocycles. The second-order valence-electron chi connectivity index (χ2n) is 5.55. The van der Waals surface area contributed by atoms with Gasteiger partial charge in [0.2, 0.25) is 0 Å². The van der Waals surface area contributed by atoms with Crippen LogP contribution in [0.1, 0.15) is 21.6 Å². The number of phenolic OH excluding ortho intramolecular Hbond substituents is 1. The molecule has 8 heteroatoms. The molecule has 0 unspecified atom stereocenters. The molecule has 0 saturated carbocycles. The number of aromatic nitrogens is 1.